The third-order valence-corrected chi connectivity index (χ3v) is 3.52. The summed E-state index contributed by atoms with van der Waals surface area (Å²) in [6.07, 6.45) is 0. The van der Waals surface area contributed by atoms with E-state index in [4.69, 9.17) is 16.0 Å². The Kier molecular flexibility index (Phi) is 1.76. The highest BCUT2D eigenvalue weighted by Gasteiger charge is 2.22. The van der Waals surface area contributed by atoms with E-state index in [1.54, 1.807) is 12.1 Å². The third kappa shape index (κ3) is 1.09. The van der Waals surface area contributed by atoms with E-state index in [2.05, 4.69) is 0 Å². The Labute approximate surface area is 106 Å². The van der Waals surface area contributed by atoms with Crippen molar-refractivity contribution in [3.63, 3.8) is 0 Å². The highest BCUT2D eigenvalue weighted by atomic mass is 35.5. The van der Waals surface area contributed by atoms with Crippen LogP contribution in [0.2, 0.25) is 5.15 Å². The van der Waals surface area contributed by atoms with Gasteiger partial charge in [0.15, 0.2) is 5.58 Å². The maximum Gasteiger partial charge on any atom is 0.609 e. The van der Waals surface area contributed by atoms with Gasteiger partial charge in [0.1, 0.15) is 0 Å². The summed E-state index contributed by atoms with van der Waals surface area (Å²) in [6, 6.07) is 13.3. The highest BCUT2D eigenvalue weighted by Crippen LogP contribution is 2.27. The summed E-state index contributed by atoms with van der Waals surface area (Å²) < 4.78 is 6.72. The molecule has 0 bridgehead atoms. The fourth-order valence-corrected chi connectivity index (χ4v) is 2.68. The first-order chi connectivity index (χ1) is 8.75. The van der Waals surface area contributed by atoms with E-state index in [1.807, 2.05) is 30.3 Å². The molecule has 18 heavy (non-hydrogen) atoms. The lowest BCUT2D eigenvalue weighted by atomic mass is 10.1. The Balaban J connectivity index is 2.54. The van der Waals surface area contributed by atoms with Crippen LogP contribution in [0.25, 0.3) is 27.3 Å². The normalized spacial score (nSPS) is 11.8. The monoisotopic (exact) mass is 256 g/mol. The molecule has 0 fully saturated rings. The van der Waals surface area contributed by atoms with Crippen LogP contribution in [0.1, 0.15) is 0 Å². The van der Waals surface area contributed by atoms with E-state index in [0.29, 0.717) is 10.7 Å². The fourth-order valence-electron chi connectivity index (χ4n) is 2.46. The number of hydrogen-bond acceptors (Lipinski definition) is 2. The van der Waals surface area contributed by atoms with Crippen molar-refractivity contribution in [2.24, 2.45) is 0 Å². The molecule has 0 saturated heterocycles. The van der Waals surface area contributed by atoms with Gasteiger partial charge in [-0.25, -0.2) is 0 Å². The van der Waals surface area contributed by atoms with Crippen LogP contribution in [0.5, 0.6) is 0 Å². The molecule has 0 atom stereocenters. The molecule has 0 spiro atoms. The van der Waals surface area contributed by atoms with E-state index >= 15 is 0 Å². The molecule has 3 nitrogen and oxygen atoms in total. The minimum absolute atomic E-state index is 0.356. The van der Waals surface area contributed by atoms with Crippen LogP contribution >= 0.6 is 11.6 Å². The SMILES string of the molecule is O=c1oc2cccc3ccc4ccc(Cl)[n+]1c4c32. The van der Waals surface area contributed by atoms with Crippen molar-refractivity contribution in [1.82, 2.24) is 0 Å². The van der Waals surface area contributed by atoms with Crippen molar-refractivity contribution in [3.8, 4) is 0 Å². The van der Waals surface area contributed by atoms with Crippen LogP contribution in [-0.2, 0) is 0 Å². The molecule has 0 aliphatic rings. The predicted molar refractivity (Wildman–Crippen MR) is 69.3 cm³/mol. The number of rotatable bonds is 0. The predicted octanol–water partition coefficient (Wildman–Crippen LogP) is 2.78. The molecule has 0 saturated carbocycles. The van der Waals surface area contributed by atoms with Crippen molar-refractivity contribution >= 4 is 38.9 Å². The highest BCUT2D eigenvalue weighted by molar-refractivity contribution is 6.29. The molecule has 0 aliphatic heterocycles. The molecule has 0 unspecified atom stereocenters. The van der Waals surface area contributed by atoms with Crippen molar-refractivity contribution in [3.05, 3.63) is 58.2 Å². The Hall–Kier alpha value is -2.13. The smallest absolute Gasteiger partial charge is 0.371 e. The summed E-state index contributed by atoms with van der Waals surface area (Å²) in [5.74, 6) is -0.461. The number of aromatic nitrogens is 1. The first-order valence-corrected chi connectivity index (χ1v) is 5.92. The summed E-state index contributed by atoms with van der Waals surface area (Å²) in [5.41, 5.74) is 1.40. The number of halogens is 1. The van der Waals surface area contributed by atoms with E-state index < -0.39 is 5.76 Å². The Morgan fingerprint density at radius 3 is 2.67 bits per heavy atom. The lowest BCUT2D eigenvalue weighted by molar-refractivity contribution is -0.539. The van der Waals surface area contributed by atoms with Crippen LogP contribution in [-0.4, -0.2) is 0 Å². The Bertz CT molecular complexity index is 958. The topological polar surface area (TPSA) is 34.3 Å². The zero-order chi connectivity index (χ0) is 12.3. The first-order valence-electron chi connectivity index (χ1n) is 5.54. The summed E-state index contributed by atoms with van der Waals surface area (Å²) in [4.78, 5) is 12.0. The summed E-state index contributed by atoms with van der Waals surface area (Å²) in [7, 11) is 0. The number of hydrogen-bond donors (Lipinski definition) is 0. The number of pyridine rings is 1. The maximum atomic E-state index is 12.0. The Morgan fingerprint density at radius 1 is 1.00 bits per heavy atom. The molecular formula is C14H7ClNO2+. The second-order valence-corrected chi connectivity index (χ2v) is 4.60. The molecule has 2 aromatic carbocycles. The van der Waals surface area contributed by atoms with Crippen molar-refractivity contribution in [2.75, 3.05) is 0 Å². The van der Waals surface area contributed by atoms with Gasteiger partial charge in [-0.3, -0.25) is 0 Å². The lowest BCUT2D eigenvalue weighted by Crippen LogP contribution is -2.41. The summed E-state index contributed by atoms with van der Waals surface area (Å²) >= 11 is 6.09. The van der Waals surface area contributed by atoms with Crippen molar-refractivity contribution in [1.29, 1.82) is 0 Å². The third-order valence-electron chi connectivity index (χ3n) is 3.23. The zero-order valence-corrected chi connectivity index (χ0v) is 9.94. The average Bonchev–Trinajstić information content (AvgIpc) is 2.38. The molecule has 0 amide bonds. The zero-order valence-electron chi connectivity index (χ0n) is 9.18. The average molecular weight is 257 g/mol. The molecule has 4 rings (SSSR count). The van der Waals surface area contributed by atoms with E-state index in [-0.39, 0.29) is 0 Å². The molecule has 86 valence electrons. The molecule has 4 heteroatoms. The van der Waals surface area contributed by atoms with E-state index in [9.17, 15) is 4.79 Å². The van der Waals surface area contributed by atoms with Gasteiger partial charge in [0.2, 0.25) is 5.52 Å². The van der Waals surface area contributed by atoms with E-state index in [1.165, 1.54) is 4.40 Å². The van der Waals surface area contributed by atoms with Crippen LogP contribution in [0.4, 0.5) is 0 Å². The van der Waals surface area contributed by atoms with Gasteiger partial charge in [-0.15, -0.1) is 0 Å². The van der Waals surface area contributed by atoms with Crippen LogP contribution in [0.3, 0.4) is 0 Å². The molecule has 2 aromatic heterocycles. The van der Waals surface area contributed by atoms with Gasteiger partial charge >= 0.3 is 5.76 Å². The van der Waals surface area contributed by atoms with Gasteiger partial charge in [-0.2, -0.15) is 4.79 Å². The van der Waals surface area contributed by atoms with Crippen LogP contribution in [0.15, 0.2) is 51.7 Å². The van der Waals surface area contributed by atoms with Crippen molar-refractivity contribution in [2.45, 2.75) is 0 Å². The summed E-state index contributed by atoms with van der Waals surface area (Å²) in [5, 5.41) is 3.28. The summed E-state index contributed by atoms with van der Waals surface area (Å²) in [6.45, 7) is 0. The van der Waals surface area contributed by atoms with Crippen LogP contribution in [0, 0.1) is 0 Å². The Morgan fingerprint density at radius 2 is 1.78 bits per heavy atom. The van der Waals surface area contributed by atoms with Gasteiger partial charge < -0.3 is 4.42 Å². The lowest BCUT2D eigenvalue weighted by Gasteiger charge is -2.03. The molecule has 2 heterocycles. The second kappa shape index (κ2) is 3.21. The molecule has 0 N–H and O–H groups in total. The van der Waals surface area contributed by atoms with E-state index in [0.717, 1.165) is 21.7 Å². The van der Waals surface area contributed by atoms with Crippen LogP contribution < -0.4 is 10.2 Å². The van der Waals surface area contributed by atoms with Crippen molar-refractivity contribution < 1.29 is 8.82 Å². The number of nitrogens with zero attached hydrogens (tertiary/aromatic N) is 1. The van der Waals surface area contributed by atoms with Gasteiger partial charge in [-0.05, 0) is 35.2 Å². The molecule has 4 aromatic rings. The molecule has 0 radical (unpaired) electrons. The van der Waals surface area contributed by atoms with Gasteiger partial charge in [0.05, 0.1) is 5.39 Å². The molecular weight excluding hydrogens is 250 g/mol. The number of benzene rings is 2. The quantitative estimate of drug-likeness (QED) is 0.275. The van der Waals surface area contributed by atoms with Gasteiger partial charge in [0, 0.05) is 11.5 Å². The first kappa shape index (κ1) is 9.85. The van der Waals surface area contributed by atoms with Gasteiger partial charge in [0.25, 0.3) is 5.15 Å². The standard InChI is InChI=1S/C14H7ClNO2/c15-11-7-6-9-5-4-8-2-1-3-10-12(8)13(9)16(11)14(17)18-10/h1-7H/q+1. The maximum absolute atomic E-state index is 12.0. The fraction of sp³-hybridized carbons (Fsp3) is 0. The molecule has 0 aliphatic carbocycles. The second-order valence-electron chi connectivity index (χ2n) is 4.22. The largest absolute Gasteiger partial charge is 0.609 e. The minimum atomic E-state index is -0.461. The minimum Gasteiger partial charge on any atom is -0.371 e. The van der Waals surface area contributed by atoms with Gasteiger partial charge in [-0.1, -0.05) is 22.6 Å².